The van der Waals surface area contributed by atoms with Crippen molar-refractivity contribution >= 4 is 17.3 Å². The lowest BCUT2D eigenvalue weighted by Gasteiger charge is -2.36. The molecule has 4 rings (SSSR count). The van der Waals surface area contributed by atoms with Crippen LogP contribution in [0, 0.1) is 0 Å². The fraction of sp³-hybridized carbons (Fsp3) is 0.385. The van der Waals surface area contributed by atoms with Crippen LogP contribution in [-0.4, -0.2) is 29.7 Å². The quantitative estimate of drug-likeness (QED) is 0.154. The maximum Gasteiger partial charge on any atom is 0.136 e. The molecule has 1 atom stereocenters. The van der Waals surface area contributed by atoms with E-state index in [1.807, 2.05) is 37.3 Å². The van der Waals surface area contributed by atoms with Crippen molar-refractivity contribution in [2.45, 2.75) is 79.2 Å². The summed E-state index contributed by atoms with van der Waals surface area (Å²) in [5.41, 5.74) is 21.7. The number of rotatable bonds is 14. The van der Waals surface area contributed by atoms with Gasteiger partial charge in [-0.1, -0.05) is 101 Å². The normalized spacial score (nSPS) is 14.9. The van der Waals surface area contributed by atoms with Crippen molar-refractivity contribution in [3.63, 3.8) is 0 Å². The minimum absolute atomic E-state index is 0.375. The fourth-order valence-corrected chi connectivity index (χ4v) is 5.48. The number of para-hydroxylation sites is 1. The van der Waals surface area contributed by atoms with Crippen LogP contribution in [0.15, 0.2) is 108 Å². The number of nitrogens with zero attached hydrogens (tertiary/aromatic N) is 3. The molecule has 3 aromatic rings. The molecule has 246 valence electrons. The Labute approximate surface area is 277 Å². The van der Waals surface area contributed by atoms with Gasteiger partial charge in [-0.05, 0) is 74.3 Å². The average Bonchev–Trinajstić information content (AvgIpc) is 3.07. The number of hydrogen-bond acceptors (Lipinski definition) is 7. The lowest BCUT2D eigenvalue weighted by molar-refractivity contribution is 0.135. The minimum atomic E-state index is -0.450. The lowest BCUT2D eigenvalue weighted by atomic mass is 9.95. The number of benzene rings is 2. The van der Waals surface area contributed by atoms with Crippen molar-refractivity contribution < 1.29 is 4.74 Å². The van der Waals surface area contributed by atoms with E-state index in [0.717, 1.165) is 74.4 Å². The van der Waals surface area contributed by atoms with E-state index < -0.39 is 6.04 Å². The van der Waals surface area contributed by atoms with Gasteiger partial charge in [-0.3, -0.25) is 0 Å². The van der Waals surface area contributed by atoms with Crippen molar-refractivity contribution in [1.29, 1.82) is 0 Å². The highest BCUT2D eigenvalue weighted by atomic mass is 16.5. The number of unbranched alkanes of at least 4 members (excludes halogenated alkanes) is 1. The smallest absolute Gasteiger partial charge is 0.136 e. The Morgan fingerprint density at radius 1 is 1.02 bits per heavy atom. The van der Waals surface area contributed by atoms with Gasteiger partial charge in [0.2, 0.25) is 0 Å². The SMILES string of the molecule is C=C1/C(=C(C)/C=C\C)CC=C(CNc2ncnc(N)c2C(N)c2ccccc2)N1c1ccccc1CCCC.CCCOCCC. The van der Waals surface area contributed by atoms with Crippen LogP contribution < -0.4 is 21.7 Å². The molecule has 0 saturated carbocycles. The standard InChI is InChI=1S/C33H40N6.C6H14O/c1-5-7-14-25-15-11-12-18-29(25)39-24(4)28(23(3)13-6-2)20-19-27(39)21-36-33-30(32(35)37-22-38-33)31(34)26-16-9-8-10-17-26;1-3-5-7-6-4-2/h6,8-13,15-19,22,31H,4-5,7,14,20-21,34H2,1-3H3,(H3,35,36,37,38);3-6H2,1-2H3/b13-6-,28-23+;. The Hall–Kier alpha value is -4.20. The molecule has 2 aromatic carbocycles. The number of hydrogen-bond donors (Lipinski definition) is 3. The molecule has 0 radical (unpaired) electrons. The van der Waals surface area contributed by atoms with Crippen LogP contribution in [0.1, 0.15) is 89.5 Å². The molecule has 2 heterocycles. The molecule has 0 bridgehead atoms. The first-order valence-electron chi connectivity index (χ1n) is 16.7. The zero-order chi connectivity index (χ0) is 33.3. The van der Waals surface area contributed by atoms with E-state index in [2.05, 4.69) is 97.0 Å². The number of aromatic nitrogens is 2. The van der Waals surface area contributed by atoms with Crippen LogP contribution in [0.3, 0.4) is 0 Å². The maximum absolute atomic E-state index is 6.66. The molecule has 7 heteroatoms. The molecule has 0 fully saturated rings. The Morgan fingerprint density at radius 2 is 1.72 bits per heavy atom. The van der Waals surface area contributed by atoms with E-state index >= 15 is 0 Å². The summed E-state index contributed by atoms with van der Waals surface area (Å²) in [4.78, 5) is 11.1. The Kier molecular flexibility index (Phi) is 15.3. The van der Waals surface area contributed by atoms with Crippen LogP contribution >= 0.6 is 0 Å². The van der Waals surface area contributed by atoms with Gasteiger partial charge >= 0.3 is 0 Å². The van der Waals surface area contributed by atoms with Gasteiger partial charge in [0, 0.05) is 30.3 Å². The molecule has 1 aliphatic heterocycles. The monoisotopic (exact) mass is 622 g/mol. The Balaban J connectivity index is 0.000000738. The molecule has 1 unspecified atom stereocenters. The zero-order valence-electron chi connectivity index (χ0n) is 28.6. The number of nitrogens with one attached hydrogen (secondary N) is 1. The average molecular weight is 623 g/mol. The zero-order valence-corrected chi connectivity index (χ0v) is 28.6. The van der Waals surface area contributed by atoms with Crippen molar-refractivity contribution in [1.82, 2.24) is 9.97 Å². The lowest BCUT2D eigenvalue weighted by Crippen LogP contribution is -2.31. The molecule has 1 aromatic heterocycles. The van der Waals surface area contributed by atoms with Crippen LogP contribution in [0.4, 0.5) is 17.3 Å². The van der Waals surface area contributed by atoms with Gasteiger partial charge in [-0.25, -0.2) is 9.97 Å². The van der Waals surface area contributed by atoms with E-state index in [4.69, 9.17) is 16.2 Å². The second kappa shape index (κ2) is 19.3. The van der Waals surface area contributed by atoms with E-state index in [9.17, 15) is 0 Å². The summed E-state index contributed by atoms with van der Waals surface area (Å²) < 4.78 is 5.13. The molecule has 0 saturated heterocycles. The molecule has 46 heavy (non-hydrogen) atoms. The van der Waals surface area contributed by atoms with Gasteiger partial charge in [0.25, 0.3) is 0 Å². The van der Waals surface area contributed by atoms with E-state index in [1.165, 1.54) is 23.0 Å². The fourth-order valence-electron chi connectivity index (χ4n) is 5.48. The highest BCUT2D eigenvalue weighted by molar-refractivity contribution is 5.69. The summed E-state index contributed by atoms with van der Waals surface area (Å²) in [6, 6.07) is 18.1. The largest absolute Gasteiger partial charge is 0.383 e. The number of nitrogens with two attached hydrogens (primary N) is 2. The van der Waals surface area contributed by atoms with Crippen LogP contribution in [0.2, 0.25) is 0 Å². The maximum atomic E-state index is 6.66. The first-order valence-corrected chi connectivity index (χ1v) is 16.7. The molecule has 0 spiro atoms. The number of nitrogen functional groups attached to an aromatic ring is 1. The molecule has 0 amide bonds. The number of aryl methyl sites for hydroxylation is 1. The van der Waals surface area contributed by atoms with E-state index in [-0.39, 0.29) is 0 Å². The summed E-state index contributed by atoms with van der Waals surface area (Å²) in [5.74, 6) is 1.01. The van der Waals surface area contributed by atoms with Gasteiger partial charge < -0.3 is 26.4 Å². The van der Waals surface area contributed by atoms with Crippen LogP contribution in [0.5, 0.6) is 0 Å². The summed E-state index contributed by atoms with van der Waals surface area (Å²) in [5, 5.41) is 3.53. The van der Waals surface area contributed by atoms with Crippen molar-refractivity contribution in [2.75, 3.05) is 35.7 Å². The summed E-state index contributed by atoms with van der Waals surface area (Å²) in [6.45, 7) is 17.6. The predicted molar refractivity (Wildman–Crippen MR) is 196 cm³/mol. The third kappa shape index (κ3) is 9.90. The summed E-state index contributed by atoms with van der Waals surface area (Å²) in [6.07, 6.45) is 14.4. The summed E-state index contributed by atoms with van der Waals surface area (Å²) >= 11 is 0. The molecule has 5 N–H and O–H groups in total. The first kappa shape index (κ1) is 36.3. The van der Waals surface area contributed by atoms with Gasteiger partial charge in [0.15, 0.2) is 0 Å². The Bertz CT molecular complexity index is 1470. The molecule has 1 aliphatic rings. The van der Waals surface area contributed by atoms with E-state index in [1.54, 1.807) is 0 Å². The van der Waals surface area contributed by atoms with Crippen LogP contribution in [-0.2, 0) is 11.2 Å². The topological polar surface area (TPSA) is 102 Å². The predicted octanol–water partition coefficient (Wildman–Crippen LogP) is 8.88. The minimum Gasteiger partial charge on any atom is -0.383 e. The molecule has 0 aliphatic carbocycles. The number of ether oxygens (including phenoxy) is 1. The molecular formula is C39H54N6O. The second-order valence-electron chi connectivity index (χ2n) is 11.5. The van der Waals surface area contributed by atoms with E-state index in [0.29, 0.717) is 23.7 Å². The highest BCUT2D eigenvalue weighted by Crippen LogP contribution is 2.38. The highest BCUT2D eigenvalue weighted by Gasteiger charge is 2.26. The van der Waals surface area contributed by atoms with Gasteiger partial charge in [0.05, 0.1) is 18.2 Å². The molecular weight excluding hydrogens is 568 g/mol. The Morgan fingerprint density at radius 3 is 2.39 bits per heavy atom. The van der Waals surface area contributed by atoms with Crippen LogP contribution in [0.25, 0.3) is 0 Å². The number of allylic oxidation sites excluding steroid dienone is 5. The second-order valence-corrected chi connectivity index (χ2v) is 11.5. The summed E-state index contributed by atoms with van der Waals surface area (Å²) in [7, 11) is 0. The van der Waals surface area contributed by atoms with Crippen molar-refractivity contribution in [3.8, 4) is 0 Å². The van der Waals surface area contributed by atoms with Crippen molar-refractivity contribution in [2.24, 2.45) is 5.73 Å². The number of anilines is 3. The first-order chi connectivity index (χ1) is 22.4. The van der Waals surface area contributed by atoms with Gasteiger partial charge in [-0.2, -0.15) is 0 Å². The van der Waals surface area contributed by atoms with Crippen molar-refractivity contribution in [3.05, 3.63) is 125 Å². The molecule has 7 nitrogen and oxygen atoms in total. The van der Waals surface area contributed by atoms with Gasteiger partial charge in [-0.15, -0.1) is 0 Å². The third-order valence-electron chi connectivity index (χ3n) is 7.89. The third-order valence-corrected chi connectivity index (χ3v) is 7.89. The van der Waals surface area contributed by atoms with Gasteiger partial charge in [0.1, 0.15) is 18.0 Å².